The molecule has 6 heteroatoms. The summed E-state index contributed by atoms with van der Waals surface area (Å²) in [5.74, 6) is -1.34. The molecular formula is C10H11ClO4S. The van der Waals surface area contributed by atoms with Crippen molar-refractivity contribution in [3.63, 3.8) is 0 Å². The highest BCUT2D eigenvalue weighted by Gasteiger charge is 2.32. The highest BCUT2D eigenvalue weighted by molar-refractivity contribution is 7.92. The molecule has 1 N–H and O–H groups in total. The van der Waals surface area contributed by atoms with Gasteiger partial charge in [-0.05, 0) is 30.7 Å². The predicted molar refractivity (Wildman–Crippen MR) is 60.4 cm³/mol. The molecule has 0 amide bonds. The van der Waals surface area contributed by atoms with E-state index in [0.717, 1.165) is 0 Å². The van der Waals surface area contributed by atoms with Gasteiger partial charge in [0, 0.05) is 5.02 Å². The van der Waals surface area contributed by atoms with E-state index < -0.39 is 21.1 Å². The lowest BCUT2D eigenvalue weighted by Gasteiger charge is -2.11. The van der Waals surface area contributed by atoms with Gasteiger partial charge in [0.25, 0.3) is 0 Å². The molecule has 0 fully saturated rings. The SMILES string of the molecule is CCC(C(=O)O)S(=O)(=O)c1ccc(Cl)cc1. The van der Waals surface area contributed by atoms with Gasteiger partial charge in [-0.1, -0.05) is 18.5 Å². The molecule has 1 aromatic rings. The van der Waals surface area contributed by atoms with Crippen LogP contribution in [0.25, 0.3) is 0 Å². The number of rotatable bonds is 4. The van der Waals surface area contributed by atoms with Crippen LogP contribution >= 0.6 is 11.6 Å². The lowest BCUT2D eigenvalue weighted by Crippen LogP contribution is -2.29. The minimum atomic E-state index is -3.83. The van der Waals surface area contributed by atoms with Gasteiger partial charge in [-0.25, -0.2) is 8.42 Å². The number of halogens is 1. The lowest BCUT2D eigenvalue weighted by atomic mass is 10.3. The number of hydrogen-bond donors (Lipinski definition) is 1. The van der Waals surface area contributed by atoms with Crippen LogP contribution in [-0.4, -0.2) is 24.7 Å². The zero-order chi connectivity index (χ0) is 12.3. The molecule has 0 bridgehead atoms. The quantitative estimate of drug-likeness (QED) is 0.901. The normalized spacial score (nSPS) is 13.4. The zero-order valence-corrected chi connectivity index (χ0v) is 10.1. The van der Waals surface area contributed by atoms with E-state index in [1.807, 2.05) is 0 Å². The van der Waals surface area contributed by atoms with Crippen molar-refractivity contribution < 1.29 is 18.3 Å². The van der Waals surface area contributed by atoms with E-state index >= 15 is 0 Å². The fourth-order valence-electron chi connectivity index (χ4n) is 1.32. The highest BCUT2D eigenvalue weighted by atomic mass is 35.5. The summed E-state index contributed by atoms with van der Waals surface area (Å²) in [6.45, 7) is 1.52. The van der Waals surface area contributed by atoms with Gasteiger partial charge in [-0.2, -0.15) is 0 Å². The van der Waals surface area contributed by atoms with Crippen molar-refractivity contribution in [1.82, 2.24) is 0 Å². The van der Waals surface area contributed by atoms with Gasteiger partial charge in [-0.15, -0.1) is 0 Å². The van der Waals surface area contributed by atoms with Crippen LogP contribution < -0.4 is 0 Å². The predicted octanol–water partition coefficient (Wildman–Crippen LogP) is 1.98. The molecule has 0 aromatic heterocycles. The minimum Gasteiger partial charge on any atom is -0.480 e. The molecule has 0 aliphatic rings. The van der Waals surface area contributed by atoms with Crippen molar-refractivity contribution in [3.05, 3.63) is 29.3 Å². The fraction of sp³-hybridized carbons (Fsp3) is 0.300. The fourth-order valence-corrected chi connectivity index (χ4v) is 2.99. The molecule has 0 heterocycles. The molecule has 0 saturated carbocycles. The van der Waals surface area contributed by atoms with Crippen LogP contribution in [0.4, 0.5) is 0 Å². The summed E-state index contributed by atoms with van der Waals surface area (Å²) in [5.41, 5.74) is 0. The standard InChI is InChI=1S/C10H11ClO4S/c1-2-9(10(12)13)16(14,15)8-5-3-7(11)4-6-8/h3-6,9H,2H2,1H3,(H,12,13). The largest absolute Gasteiger partial charge is 0.480 e. The Morgan fingerprint density at radius 3 is 2.25 bits per heavy atom. The summed E-state index contributed by atoms with van der Waals surface area (Å²) in [5, 5.41) is 7.82. The molecule has 1 aromatic carbocycles. The van der Waals surface area contributed by atoms with E-state index in [1.165, 1.54) is 31.2 Å². The maximum atomic E-state index is 11.9. The number of carboxylic acids is 1. The molecule has 0 aliphatic heterocycles. The van der Waals surface area contributed by atoms with Crippen molar-refractivity contribution >= 4 is 27.4 Å². The van der Waals surface area contributed by atoms with E-state index in [4.69, 9.17) is 16.7 Å². The Bertz CT molecular complexity index is 478. The summed E-state index contributed by atoms with van der Waals surface area (Å²) < 4.78 is 23.8. The Morgan fingerprint density at radius 2 is 1.88 bits per heavy atom. The van der Waals surface area contributed by atoms with Crippen LogP contribution in [-0.2, 0) is 14.6 Å². The van der Waals surface area contributed by atoms with Gasteiger partial charge < -0.3 is 5.11 Å². The highest BCUT2D eigenvalue weighted by Crippen LogP contribution is 2.20. The van der Waals surface area contributed by atoms with Crippen molar-refractivity contribution in [1.29, 1.82) is 0 Å². The second-order valence-corrected chi connectivity index (χ2v) is 5.80. The van der Waals surface area contributed by atoms with E-state index in [1.54, 1.807) is 0 Å². The summed E-state index contributed by atoms with van der Waals surface area (Å²) in [4.78, 5) is 10.8. The number of benzene rings is 1. The van der Waals surface area contributed by atoms with Crippen LogP contribution in [0.2, 0.25) is 5.02 Å². The molecule has 4 nitrogen and oxygen atoms in total. The van der Waals surface area contributed by atoms with E-state index in [-0.39, 0.29) is 11.3 Å². The zero-order valence-electron chi connectivity index (χ0n) is 8.55. The molecule has 0 radical (unpaired) electrons. The Labute approximate surface area is 98.8 Å². The molecule has 0 aliphatic carbocycles. The molecule has 88 valence electrons. The second kappa shape index (κ2) is 4.84. The van der Waals surface area contributed by atoms with E-state index in [2.05, 4.69) is 0 Å². The molecule has 16 heavy (non-hydrogen) atoms. The van der Waals surface area contributed by atoms with Crippen LogP contribution in [0, 0.1) is 0 Å². The first kappa shape index (κ1) is 13.0. The second-order valence-electron chi connectivity index (χ2n) is 3.23. The summed E-state index contributed by atoms with van der Waals surface area (Å²) >= 11 is 5.63. The van der Waals surface area contributed by atoms with Gasteiger partial charge in [0.2, 0.25) is 0 Å². The molecular weight excluding hydrogens is 252 g/mol. The molecule has 0 saturated heterocycles. The Morgan fingerprint density at radius 1 is 1.38 bits per heavy atom. The molecule has 1 atom stereocenters. The van der Waals surface area contributed by atoms with Crippen molar-refractivity contribution in [2.75, 3.05) is 0 Å². The lowest BCUT2D eigenvalue weighted by molar-refractivity contribution is -0.136. The van der Waals surface area contributed by atoms with Gasteiger partial charge in [0.15, 0.2) is 15.1 Å². The Kier molecular flexibility index (Phi) is 3.93. The number of carbonyl (C=O) groups is 1. The monoisotopic (exact) mass is 262 g/mol. The molecule has 0 spiro atoms. The first-order valence-corrected chi connectivity index (χ1v) is 6.54. The molecule has 1 rings (SSSR count). The van der Waals surface area contributed by atoms with Crippen molar-refractivity contribution in [2.24, 2.45) is 0 Å². The topological polar surface area (TPSA) is 71.4 Å². The maximum Gasteiger partial charge on any atom is 0.322 e. The summed E-state index contributed by atoms with van der Waals surface area (Å²) in [6.07, 6.45) is 0.0281. The Hall–Kier alpha value is -1.07. The summed E-state index contributed by atoms with van der Waals surface area (Å²) in [6, 6.07) is 5.46. The third kappa shape index (κ3) is 2.54. The minimum absolute atomic E-state index is 0.0221. The third-order valence-electron chi connectivity index (χ3n) is 2.16. The third-order valence-corrected chi connectivity index (χ3v) is 4.63. The van der Waals surface area contributed by atoms with Gasteiger partial charge >= 0.3 is 5.97 Å². The van der Waals surface area contributed by atoms with Gasteiger partial charge in [0.1, 0.15) is 0 Å². The van der Waals surface area contributed by atoms with Crippen LogP contribution in [0.15, 0.2) is 29.2 Å². The van der Waals surface area contributed by atoms with Gasteiger partial charge in [0.05, 0.1) is 4.90 Å². The van der Waals surface area contributed by atoms with Crippen LogP contribution in [0.5, 0.6) is 0 Å². The first-order valence-electron chi connectivity index (χ1n) is 4.62. The smallest absolute Gasteiger partial charge is 0.322 e. The van der Waals surface area contributed by atoms with Crippen molar-refractivity contribution in [3.8, 4) is 0 Å². The number of carboxylic acid groups (broad SMARTS) is 1. The summed E-state index contributed by atoms with van der Waals surface area (Å²) in [7, 11) is -3.83. The van der Waals surface area contributed by atoms with E-state index in [9.17, 15) is 13.2 Å². The Balaban J connectivity index is 3.20. The maximum absolute atomic E-state index is 11.9. The number of hydrogen-bond acceptors (Lipinski definition) is 3. The molecule has 1 unspecified atom stereocenters. The average molecular weight is 263 g/mol. The first-order chi connectivity index (χ1) is 7.39. The average Bonchev–Trinajstić information content (AvgIpc) is 2.18. The van der Waals surface area contributed by atoms with Gasteiger partial charge in [-0.3, -0.25) is 4.79 Å². The number of sulfone groups is 1. The van der Waals surface area contributed by atoms with Crippen LogP contribution in [0.3, 0.4) is 0 Å². The van der Waals surface area contributed by atoms with Crippen molar-refractivity contribution in [2.45, 2.75) is 23.5 Å². The van der Waals surface area contributed by atoms with E-state index in [0.29, 0.717) is 5.02 Å². The number of aliphatic carboxylic acids is 1. The van der Waals surface area contributed by atoms with Crippen LogP contribution in [0.1, 0.15) is 13.3 Å².